The number of hydrogen-bond donors (Lipinski definition) is 0. The van der Waals surface area contributed by atoms with Crippen molar-refractivity contribution in [2.24, 2.45) is 5.92 Å². The molecular formula is C10H9Br2Cl. The van der Waals surface area contributed by atoms with Gasteiger partial charge < -0.3 is 0 Å². The largest absolute Gasteiger partial charge is 0.0840 e. The second-order valence-corrected chi connectivity index (χ2v) is 5.75. The molecule has 0 N–H and O–H groups in total. The van der Waals surface area contributed by atoms with Crippen molar-refractivity contribution >= 4 is 43.5 Å². The SMILES string of the molecule is CC1Cc2c(Cl)ccc(Br)c2C1Br. The number of benzene rings is 1. The van der Waals surface area contributed by atoms with Gasteiger partial charge in [-0.3, -0.25) is 0 Å². The number of rotatable bonds is 0. The molecule has 0 amide bonds. The monoisotopic (exact) mass is 322 g/mol. The molecule has 0 fully saturated rings. The lowest BCUT2D eigenvalue weighted by atomic mass is 10.1. The van der Waals surface area contributed by atoms with Gasteiger partial charge in [-0.1, -0.05) is 50.4 Å². The lowest BCUT2D eigenvalue weighted by molar-refractivity contribution is 0.622. The molecule has 0 aromatic heterocycles. The first-order chi connectivity index (χ1) is 6.11. The smallest absolute Gasteiger partial charge is 0.0442 e. The minimum Gasteiger partial charge on any atom is -0.0840 e. The molecule has 0 spiro atoms. The van der Waals surface area contributed by atoms with Gasteiger partial charge in [0, 0.05) is 14.3 Å². The highest BCUT2D eigenvalue weighted by Crippen LogP contribution is 2.47. The fraction of sp³-hybridized carbons (Fsp3) is 0.400. The van der Waals surface area contributed by atoms with Crippen molar-refractivity contribution in [2.75, 3.05) is 0 Å². The van der Waals surface area contributed by atoms with Gasteiger partial charge >= 0.3 is 0 Å². The molecule has 0 radical (unpaired) electrons. The third-order valence-corrected chi connectivity index (χ3v) is 4.95. The first kappa shape index (κ1) is 10.0. The van der Waals surface area contributed by atoms with Gasteiger partial charge in [0.05, 0.1) is 0 Å². The third-order valence-electron chi connectivity index (χ3n) is 2.55. The number of halogens is 3. The van der Waals surface area contributed by atoms with Crippen LogP contribution in [0.2, 0.25) is 5.02 Å². The van der Waals surface area contributed by atoms with E-state index in [-0.39, 0.29) is 0 Å². The lowest BCUT2D eigenvalue weighted by Gasteiger charge is -2.09. The van der Waals surface area contributed by atoms with Crippen molar-refractivity contribution in [3.63, 3.8) is 0 Å². The van der Waals surface area contributed by atoms with Gasteiger partial charge in [0.1, 0.15) is 0 Å². The van der Waals surface area contributed by atoms with Crippen LogP contribution in [0.1, 0.15) is 22.9 Å². The second kappa shape index (κ2) is 3.56. The van der Waals surface area contributed by atoms with Crippen molar-refractivity contribution in [3.8, 4) is 0 Å². The number of alkyl halides is 1. The maximum absolute atomic E-state index is 6.13. The minimum absolute atomic E-state index is 0.440. The van der Waals surface area contributed by atoms with Crippen LogP contribution in [0, 0.1) is 5.92 Å². The summed E-state index contributed by atoms with van der Waals surface area (Å²) in [5.74, 6) is 0.631. The average Bonchev–Trinajstić information content (AvgIpc) is 2.38. The van der Waals surface area contributed by atoms with Gasteiger partial charge in [-0.2, -0.15) is 0 Å². The summed E-state index contributed by atoms with van der Waals surface area (Å²) in [6.07, 6.45) is 1.07. The molecule has 0 bridgehead atoms. The summed E-state index contributed by atoms with van der Waals surface area (Å²) in [6.45, 7) is 2.24. The Hall–Kier alpha value is 0.470. The standard InChI is InChI=1S/C10H9Br2Cl/c1-5-4-6-8(13)3-2-7(11)9(6)10(5)12/h2-3,5,10H,4H2,1H3. The van der Waals surface area contributed by atoms with Crippen molar-refractivity contribution in [2.45, 2.75) is 18.2 Å². The van der Waals surface area contributed by atoms with Crippen LogP contribution < -0.4 is 0 Å². The fourth-order valence-electron chi connectivity index (χ4n) is 1.83. The summed E-state index contributed by atoms with van der Waals surface area (Å²) in [6, 6.07) is 3.98. The summed E-state index contributed by atoms with van der Waals surface area (Å²) in [4.78, 5) is 0.440. The molecule has 13 heavy (non-hydrogen) atoms. The van der Waals surface area contributed by atoms with Crippen molar-refractivity contribution in [1.29, 1.82) is 0 Å². The average molecular weight is 324 g/mol. The van der Waals surface area contributed by atoms with Crippen LogP contribution in [-0.2, 0) is 6.42 Å². The van der Waals surface area contributed by atoms with Crippen molar-refractivity contribution < 1.29 is 0 Å². The van der Waals surface area contributed by atoms with Gasteiger partial charge in [-0.05, 0) is 35.6 Å². The summed E-state index contributed by atoms with van der Waals surface area (Å²) >= 11 is 13.4. The zero-order valence-electron chi connectivity index (χ0n) is 7.15. The van der Waals surface area contributed by atoms with Gasteiger partial charge in [-0.25, -0.2) is 0 Å². The molecule has 0 saturated carbocycles. The Labute approximate surface area is 99.9 Å². The van der Waals surface area contributed by atoms with Gasteiger partial charge in [0.15, 0.2) is 0 Å². The molecule has 1 aromatic rings. The molecule has 1 aliphatic carbocycles. The van der Waals surface area contributed by atoms with E-state index >= 15 is 0 Å². The molecule has 0 nitrogen and oxygen atoms in total. The second-order valence-electron chi connectivity index (χ2n) is 3.50. The Kier molecular flexibility index (Phi) is 2.74. The van der Waals surface area contributed by atoms with E-state index < -0.39 is 0 Å². The summed E-state index contributed by atoms with van der Waals surface area (Å²) < 4.78 is 1.16. The first-order valence-electron chi connectivity index (χ1n) is 4.22. The topological polar surface area (TPSA) is 0 Å². The fourth-order valence-corrected chi connectivity index (χ4v) is 3.70. The maximum Gasteiger partial charge on any atom is 0.0442 e. The Morgan fingerprint density at radius 1 is 1.46 bits per heavy atom. The molecule has 3 heteroatoms. The van der Waals surface area contributed by atoms with Crippen molar-refractivity contribution in [3.05, 3.63) is 32.8 Å². The first-order valence-corrected chi connectivity index (χ1v) is 6.30. The van der Waals surface area contributed by atoms with Crippen LogP contribution in [0.5, 0.6) is 0 Å². The number of fused-ring (bicyclic) bond motifs is 1. The Balaban J connectivity index is 2.61. The predicted octanol–water partition coefficient (Wildman–Crippen LogP) is 4.73. The highest BCUT2D eigenvalue weighted by atomic mass is 79.9. The molecule has 70 valence electrons. The van der Waals surface area contributed by atoms with Crippen LogP contribution in [0.15, 0.2) is 16.6 Å². The Bertz CT molecular complexity index is 349. The van der Waals surface area contributed by atoms with E-state index in [4.69, 9.17) is 11.6 Å². The molecule has 2 rings (SSSR count). The molecule has 0 aliphatic heterocycles. The quantitative estimate of drug-likeness (QED) is 0.605. The van der Waals surface area contributed by atoms with Crippen LogP contribution in [-0.4, -0.2) is 0 Å². The molecule has 1 aliphatic rings. The van der Waals surface area contributed by atoms with E-state index in [1.807, 2.05) is 12.1 Å². The van der Waals surface area contributed by atoms with Crippen LogP contribution in [0.4, 0.5) is 0 Å². The summed E-state index contributed by atoms with van der Waals surface area (Å²) in [7, 11) is 0. The molecular weight excluding hydrogens is 315 g/mol. The van der Waals surface area contributed by atoms with Gasteiger partial charge in [0.2, 0.25) is 0 Å². The van der Waals surface area contributed by atoms with E-state index in [9.17, 15) is 0 Å². The Morgan fingerprint density at radius 3 is 2.77 bits per heavy atom. The normalized spacial score (nSPS) is 26.2. The zero-order chi connectivity index (χ0) is 9.59. The Morgan fingerprint density at radius 2 is 2.15 bits per heavy atom. The van der Waals surface area contributed by atoms with Crippen LogP contribution >= 0.6 is 43.5 Å². The van der Waals surface area contributed by atoms with E-state index in [1.54, 1.807) is 0 Å². The van der Waals surface area contributed by atoms with Crippen molar-refractivity contribution in [1.82, 2.24) is 0 Å². The van der Waals surface area contributed by atoms with E-state index in [0.717, 1.165) is 15.9 Å². The minimum atomic E-state index is 0.440. The lowest BCUT2D eigenvalue weighted by Crippen LogP contribution is -1.94. The highest BCUT2D eigenvalue weighted by molar-refractivity contribution is 9.11. The van der Waals surface area contributed by atoms with Crippen LogP contribution in [0.25, 0.3) is 0 Å². The van der Waals surface area contributed by atoms with Gasteiger partial charge in [-0.15, -0.1) is 0 Å². The van der Waals surface area contributed by atoms with E-state index in [2.05, 4.69) is 38.8 Å². The molecule has 2 unspecified atom stereocenters. The summed E-state index contributed by atoms with van der Waals surface area (Å²) in [5, 5.41) is 0.895. The van der Waals surface area contributed by atoms with E-state index in [0.29, 0.717) is 10.7 Å². The molecule has 0 heterocycles. The van der Waals surface area contributed by atoms with Crippen LogP contribution in [0.3, 0.4) is 0 Å². The molecule has 2 atom stereocenters. The number of hydrogen-bond acceptors (Lipinski definition) is 0. The zero-order valence-corrected chi connectivity index (χ0v) is 11.1. The molecule has 0 saturated heterocycles. The predicted molar refractivity (Wildman–Crippen MR) is 63.7 cm³/mol. The van der Waals surface area contributed by atoms with E-state index in [1.165, 1.54) is 11.1 Å². The third kappa shape index (κ3) is 1.57. The summed E-state index contributed by atoms with van der Waals surface area (Å²) in [5.41, 5.74) is 2.63. The van der Waals surface area contributed by atoms with Gasteiger partial charge in [0.25, 0.3) is 0 Å². The highest BCUT2D eigenvalue weighted by Gasteiger charge is 2.30. The maximum atomic E-state index is 6.13. The molecule has 1 aromatic carbocycles.